The summed E-state index contributed by atoms with van der Waals surface area (Å²) in [5.74, 6) is 1.28. The van der Waals surface area contributed by atoms with E-state index in [0.717, 1.165) is 0 Å². The lowest BCUT2D eigenvalue weighted by Crippen LogP contribution is -2.29. The van der Waals surface area contributed by atoms with Crippen molar-refractivity contribution in [3.8, 4) is 22.3 Å². The van der Waals surface area contributed by atoms with E-state index in [2.05, 4.69) is 230 Å². The Morgan fingerprint density at radius 2 is 1.31 bits per heavy atom. The second-order valence-electron chi connectivity index (χ2n) is 21.1. The second kappa shape index (κ2) is 13.3. The zero-order valence-corrected chi connectivity index (χ0v) is 37.3. The van der Waals surface area contributed by atoms with Gasteiger partial charge in [-0.05, 0) is 116 Å². The molecule has 5 unspecified atom stereocenters. The van der Waals surface area contributed by atoms with Gasteiger partial charge in [0.2, 0.25) is 0 Å². The van der Waals surface area contributed by atoms with Gasteiger partial charge in [0, 0.05) is 57.3 Å². The predicted molar refractivity (Wildman–Crippen MR) is 260 cm³/mol. The quantitative estimate of drug-likeness (QED) is 0.171. The molecular formula is C59H58N2. The number of benzene rings is 6. The minimum Gasteiger partial charge on any atom is -0.337 e. The third kappa shape index (κ3) is 5.96. The van der Waals surface area contributed by atoms with Crippen LogP contribution < -0.4 is 9.80 Å². The molecular weight excluding hydrogens is 737 g/mol. The van der Waals surface area contributed by atoms with Crippen LogP contribution in [0.25, 0.3) is 33.0 Å². The van der Waals surface area contributed by atoms with Gasteiger partial charge in [0.25, 0.3) is 0 Å². The number of hydrogen-bond donors (Lipinski definition) is 0. The zero-order chi connectivity index (χ0) is 42.2. The molecule has 1 fully saturated rings. The molecule has 0 spiro atoms. The Kier molecular flexibility index (Phi) is 8.32. The van der Waals surface area contributed by atoms with Gasteiger partial charge < -0.3 is 9.80 Å². The first-order chi connectivity index (χ1) is 29.2. The van der Waals surface area contributed by atoms with Gasteiger partial charge in [-0.3, -0.25) is 0 Å². The topological polar surface area (TPSA) is 6.48 Å². The maximum absolute atomic E-state index is 2.67. The average molecular weight is 795 g/mol. The molecule has 2 nitrogen and oxygen atoms in total. The SMILES string of the molecule is CC1=CC2c3cc(-c4ccccc4)ccc3N(c3cc4c(c5ccccc35)-c3ccc(N(c5ccc(C(C)(C)C)cc5)C5C6C=CC(C(C)(C)C)=CC65)cc3C4(C)C)C2C=C1. The molecule has 1 aliphatic heterocycles. The van der Waals surface area contributed by atoms with E-state index >= 15 is 0 Å². The van der Waals surface area contributed by atoms with Gasteiger partial charge in [0.15, 0.2) is 0 Å². The highest BCUT2D eigenvalue weighted by Crippen LogP contribution is 2.59. The van der Waals surface area contributed by atoms with Crippen LogP contribution in [0.5, 0.6) is 0 Å². The van der Waals surface area contributed by atoms with Crippen LogP contribution in [0.15, 0.2) is 169 Å². The van der Waals surface area contributed by atoms with E-state index in [1.165, 1.54) is 89.2 Å². The summed E-state index contributed by atoms with van der Waals surface area (Å²) < 4.78 is 0. The fraction of sp³-hybridized carbons (Fsp3) is 0.288. The Morgan fingerprint density at radius 1 is 0.590 bits per heavy atom. The number of fused-ring (bicyclic) bond motifs is 9. The minimum atomic E-state index is -0.214. The van der Waals surface area contributed by atoms with Gasteiger partial charge in [-0.25, -0.2) is 0 Å². The summed E-state index contributed by atoms with van der Waals surface area (Å²) in [5.41, 5.74) is 18.8. The highest BCUT2D eigenvalue weighted by Gasteiger charge is 2.53. The molecule has 5 aliphatic rings. The molecule has 4 aliphatic carbocycles. The van der Waals surface area contributed by atoms with Crippen LogP contribution in [0, 0.1) is 17.3 Å². The average Bonchev–Trinajstić information content (AvgIpc) is 3.79. The summed E-state index contributed by atoms with van der Waals surface area (Å²) in [6.07, 6.45) is 14.7. The third-order valence-corrected chi connectivity index (χ3v) is 14.7. The molecule has 1 heterocycles. The molecule has 2 heteroatoms. The summed E-state index contributed by atoms with van der Waals surface area (Å²) in [5, 5.41) is 2.64. The molecule has 0 aromatic heterocycles. The van der Waals surface area contributed by atoms with Crippen LogP contribution in [-0.2, 0) is 10.8 Å². The first-order valence-corrected chi connectivity index (χ1v) is 22.6. The van der Waals surface area contributed by atoms with Gasteiger partial charge in [-0.1, -0.05) is 176 Å². The second-order valence-corrected chi connectivity index (χ2v) is 21.1. The number of rotatable bonds is 5. The lowest BCUT2D eigenvalue weighted by Gasteiger charge is -2.32. The van der Waals surface area contributed by atoms with E-state index in [1.807, 2.05) is 0 Å². The maximum atomic E-state index is 2.67. The molecule has 6 aromatic carbocycles. The van der Waals surface area contributed by atoms with Gasteiger partial charge in [0.1, 0.15) is 0 Å². The van der Waals surface area contributed by atoms with Crippen molar-refractivity contribution >= 4 is 33.5 Å². The van der Waals surface area contributed by atoms with Crippen molar-refractivity contribution in [3.05, 3.63) is 191 Å². The number of allylic oxidation sites excluding steroid dienone is 4. The predicted octanol–water partition coefficient (Wildman–Crippen LogP) is 15.5. The van der Waals surface area contributed by atoms with E-state index in [1.54, 1.807) is 0 Å². The van der Waals surface area contributed by atoms with Crippen LogP contribution in [0.1, 0.15) is 90.5 Å². The minimum absolute atomic E-state index is 0.0983. The largest absolute Gasteiger partial charge is 0.337 e. The molecule has 0 saturated heterocycles. The Hall–Kier alpha value is -5.86. The maximum Gasteiger partial charge on any atom is 0.0630 e. The lowest BCUT2D eigenvalue weighted by atomic mass is 9.81. The molecule has 0 radical (unpaired) electrons. The molecule has 61 heavy (non-hydrogen) atoms. The first-order valence-electron chi connectivity index (χ1n) is 22.6. The zero-order valence-electron chi connectivity index (χ0n) is 37.3. The third-order valence-electron chi connectivity index (χ3n) is 14.7. The van der Waals surface area contributed by atoms with Crippen LogP contribution in [0.4, 0.5) is 22.7 Å². The van der Waals surface area contributed by atoms with Crippen molar-refractivity contribution in [2.45, 2.75) is 91.1 Å². The molecule has 0 amide bonds. The Balaban J connectivity index is 1.04. The molecule has 6 aromatic rings. The summed E-state index contributed by atoms with van der Waals surface area (Å²) in [4.78, 5) is 5.33. The molecule has 304 valence electrons. The van der Waals surface area contributed by atoms with E-state index in [4.69, 9.17) is 0 Å². The van der Waals surface area contributed by atoms with Crippen molar-refractivity contribution in [1.82, 2.24) is 0 Å². The first kappa shape index (κ1) is 38.1. The fourth-order valence-corrected chi connectivity index (χ4v) is 11.3. The van der Waals surface area contributed by atoms with Gasteiger partial charge in [-0.15, -0.1) is 0 Å². The van der Waals surface area contributed by atoms with E-state index in [-0.39, 0.29) is 28.2 Å². The molecule has 11 rings (SSSR count). The van der Waals surface area contributed by atoms with Crippen LogP contribution in [-0.4, -0.2) is 12.1 Å². The lowest BCUT2D eigenvalue weighted by molar-refractivity contribution is 0.511. The van der Waals surface area contributed by atoms with Crippen molar-refractivity contribution in [2.24, 2.45) is 17.3 Å². The summed E-state index contributed by atoms with van der Waals surface area (Å²) in [6, 6.07) is 47.2. The van der Waals surface area contributed by atoms with E-state index < -0.39 is 0 Å². The van der Waals surface area contributed by atoms with Crippen molar-refractivity contribution in [1.29, 1.82) is 0 Å². The molecule has 5 atom stereocenters. The van der Waals surface area contributed by atoms with E-state index in [0.29, 0.717) is 17.9 Å². The molecule has 1 saturated carbocycles. The van der Waals surface area contributed by atoms with Crippen molar-refractivity contribution < 1.29 is 0 Å². The summed E-state index contributed by atoms with van der Waals surface area (Å²) in [6.45, 7) is 21.1. The fourth-order valence-electron chi connectivity index (χ4n) is 11.3. The Bertz CT molecular complexity index is 2890. The van der Waals surface area contributed by atoms with Crippen LogP contribution >= 0.6 is 0 Å². The molecule has 0 N–H and O–H groups in total. The number of anilines is 4. The highest BCUT2D eigenvalue weighted by atomic mass is 15.2. The highest BCUT2D eigenvalue weighted by molar-refractivity contribution is 6.09. The summed E-state index contributed by atoms with van der Waals surface area (Å²) >= 11 is 0. The Labute approximate surface area is 363 Å². The summed E-state index contributed by atoms with van der Waals surface area (Å²) in [7, 11) is 0. The Morgan fingerprint density at radius 3 is 2.05 bits per heavy atom. The van der Waals surface area contributed by atoms with Crippen LogP contribution in [0.3, 0.4) is 0 Å². The van der Waals surface area contributed by atoms with E-state index in [9.17, 15) is 0 Å². The smallest absolute Gasteiger partial charge is 0.0630 e. The van der Waals surface area contributed by atoms with Crippen LogP contribution in [0.2, 0.25) is 0 Å². The monoisotopic (exact) mass is 794 g/mol. The van der Waals surface area contributed by atoms with Gasteiger partial charge in [-0.2, -0.15) is 0 Å². The van der Waals surface area contributed by atoms with Crippen molar-refractivity contribution in [2.75, 3.05) is 9.80 Å². The standard InChI is InChI=1S/C59H58N2/c1-36-19-29-52-47(31-36)48-32-38(37-15-11-10-12-16-37)20-30-53(48)61(52)54-35-51-55(44-18-14-13-17-43(44)54)46-28-26-42(34-50(46)59(51,8)9)60(41-24-21-39(22-25-41)57(2,3)4)56-45-27-23-40(33-49(45)56)58(5,6)7/h10-35,45,47,49,52,56H,1-9H3. The van der Waals surface area contributed by atoms with Gasteiger partial charge >= 0.3 is 0 Å². The number of nitrogens with zero attached hydrogens (tertiary/aromatic N) is 2. The van der Waals surface area contributed by atoms with Gasteiger partial charge in [0.05, 0.1) is 6.04 Å². The number of hydrogen-bond acceptors (Lipinski definition) is 2. The normalized spacial score (nSPS) is 22.8. The molecule has 0 bridgehead atoms. The van der Waals surface area contributed by atoms with Crippen molar-refractivity contribution in [3.63, 3.8) is 0 Å².